The Hall–Kier alpha value is -1.25. The molecule has 2 amide bonds. The van der Waals surface area contributed by atoms with Crippen LogP contribution in [0.25, 0.3) is 0 Å². The van der Waals surface area contributed by atoms with Crippen molar-refractivity contribution in [3.63, 3.8) is 0 Å². The standard InChI is InChI=1S/C21H25Cl2N3O2S2/c1-29-10-6-18(25-20(27)16-3-2-15(22)12-17(16)23)21(28)24-7-9-26-8-4-19-14(13-26)5-11-30-19/h2-3,5,11-12,18H,4,6-10,13H2,1H3,(H,24,28)(H,25,27). The maximum Gasteiger partial charge on any atom is 0.253 e. The molecule has 2 heterocycles. The van der Waals surface area contributed by atoms with Crippen molar-refractivity contribution >= 4 is 58.1 Å². The first-order valence-corrected chi connectivity index (χ1v) is 12.8. The molecular weight excluding hydrogens is 461 g/mol. The number of thioether (sulfide) groups is 1. The van der Waals surface area contributed by atoms with Gasteiger partial charge >= 0.3 is 0 Å². The highest BCUT2D eigenvalue weighted by Crippen LogP contribution is 2.23. The van der Waals surface area contributed by atoms with Crippen molar-refractivity contribution in [2.24, 2.45) is 0 Å². The van der Waals surface area contributed by atoms with Crippen molar-refractivity contribution in [1.29, 1.82) is 0 Å². The van der Waals surface area contributed by atoms with Gasteiger partial charge in [-0.05, 0) is 60.1 Å². The molecule has 3 rings (SSSR count). The van der Waals surface area contributed by atoms with Crippen LogP contribution in [-0.2, 0) is 17.8 Å². The van der Waals surface area contributed by atoms with Crippen LogP contribution in [0.15, 0.2) is 29.6 Å². The van der Waals surface area contributed by atoms with Crippen molar-refractivity contribution in [3.8, 4) is 0 Å². The molecule has 0 saturated carbocycles. The molecular formula is C21H25Cl2N3O2S2. The van der Waals surface area contributed by atoms with Gasteiger partial charge in [-0.15, -0.1) is 11.3 Å². The molecule has 0 fully saturated rings. The summed E-state index contributed by atoms with van der Waals surface area (Å²) in [5, 5.41) is 8.67. The summed E-state index contributed by atoms with van der Waals surface area (Å²) in [6.07, 6.45) is 3.59. The van der Waals surface area contributed by atoms with Gasteiger partial charge in [0, 0.05) is 36.1 Å². The van der Waals surface area contributed by atoms with E-state index in [1.165, 1.54) is 16.5 Å². The third kappa shape index (κ3) is 6.37. The number of thiophene rings is 1. The summed E-state index contributed by atoms with van der Waals surface area (Å²) in [4.78, 5) is 29.2. The number of carbonyl (C=O) groups is 2. The first-order chi connectivity index (χ1) is 14.5. The first-order valence-electron chi connectivity index (χ1n) is 9.78. The number of halogens is 2. The quantitative estimate of drug-likeness (QED) is 0.561. The molecule has 30 heavy (non-hydrogen) atoms. The van der Waals surface area contributed by atoms with E-state index in [0.717, 1.165) is 31.8 Å². The van der Waals surface area contributed by atoms with Gasteiger partial charge in [0.2, 0.25) is 5.91 Å². The first kappa shape index (κ1) is 23.4. The Morgan fingerprint density at radius 2 is 2.13 bits per heavy atom. The number of benzene rings is 1. The van der Waals surface area contributed by atoms with Crippen LogP contribution in [0.1, 0.15) is 27.2 Å². The van der Waals surface area contributed by atoms with Gasteiger partial charge in [0.15, 0.2) is 0 Å². The smallest absolute Gasteiger partial charge is 0.253 e. The van der Waals surface area contributed by atoms with Crippen molar-refractivity contribution < 1.29 is 9.59 Å². The summed E-state index contributed by atoms with van der Waals surface area (Å²) in [6, 6.07) is 6.27. The zero-order valence-corrected chi connectivity index (χ0v) is 19.9. The summed E-state index contributed by atoms with van der Waals surface area (Å²) in [7, 11) is 0. The molecule has 1 atom stereocenters. The van der Waals surface area contributed by atoms with Crippen molar-refractivity contribution in [2.45, 2.75) is 25.4 Å². The van der Waals surface area contributed by atoms with Crippen LogP contribution in [0.4, 0.5) is 0 Å². The molecule has 2 aromatic rings. The van der Waals surface area contributed by atoms with Gasteiger partial charge < -0.3 is 10.6 Å². The molecule has 162 valence electrons. The third-order valence-corrected chi connectivity index (χ3v) is 7.24. The van der Waals surface area contributed by atoms with E-state index >= 15 is 0 Å². The molecule has 2 N–H and O–H groups in total. The van der Waals surface area contributed by atoms with E-state index in [9.17, 15) is 9.59 Å². The predicted molar refractivity (Wildman–Crippen MR) is 127 cm³/mol. The molecule has 1 unspecified atom stereocenters. The van der Waals surface area contributed by atoms with Crippen LogP contribution in [0.5, 0.6) is 0 Å². The number of amides is 2. The van der Waals surface area contributed by atoms with E-state index < -0.39 is 6.04 Å². The fourth-order valence-electron chi connectivity index (χ4n) is 3.37. The lowest BCUT2D eigenvalue weighted by molar-refractivity contribution is -0.123. The number of fused-ring (bicyclic) bond motifs is 1. The molecule has 0 spiro atoms. The van der Waals surface area contributed by atoms with Gasteiger partial charge in [-0.1, -0.05) is 23.2 Å². The molecule has 1 aliphatic rings. The van der Waals surface area contributed by atoms with E-state index in [1.807, 2.05) is 17.6 Å². The van der Waals surface area contributed by atoms with Gasteiger partial charge in [0.1, 0.15) is 6.04 Å². The number of rotatable bonds is 9. The van der Waals surface area contributed by atoms with Crippen LogP contribution >= 0.6 is 46.3 Å². The lowest BCUT2D eigenvalue weighted by atomic mass is 10.1. The molecule has 0 aliphatic carbocycles. The van der Waals surface area contributed by atoms with Crippen LogP contribution in [0.2, 0.25) is 10.0 Å². The van der Waals surface area contributed by atoms with Crippen molar-refractivity contribution in [2.75, 3.05) is 31.6 Å². The number of hydrogen-bond donors (Lipinski definition) is 2. The molecule has 5 nitrogen and oxygen atoms in total. The minimum atomic E-state index is -0.610. The van der Waals surface area contributed by atoms with Crippen LogP contribution < -0.4 is 10.6 Å². The maximum atomic E-state index is 12.7. The lowest BCUT2D eigenvalue weighted by Crippen LogP contribution is -2.48. The average molecular weight is 486 g/mol. The Morgan fingerprint density at radius 1 is 1.30 bits per heavy atom. The van der Waals surface area contributed by atoms with Crippen LogP contribution in [0, 0.1) is 0 Å². The molecule has 0 bridgehead atoms. The Balaban J connectivity index is 1.52. The highest BCUT2D eigenvalue weighted by molar-refractivity contribution is 7.98. The van der Waals surface area contributed by atoms with E-state index in [2.05, 4.69) is 27.0 Å². The van der Waals surface area contributed by atoms with Gasteiger partial charge in [0.05, 0.1) is 10.6 Å². The zero-order valence-electron chi connectivity index (χ0n) is 16.7. The second-order valence-electron chi connectivity index (χ2n) is 7.12. The summed E-state index contributed by atoms with van der Waals surface area (Å²) < 4.78 is 0. The Morgan fingerprint density at radius 3 is 2.90 bits per heavy atom. The van der Waals surface area contributed by atoms with Crippen molar-refractivity contribution in [3.05, 3.63) is 55.7 Å². The maximum absolute atomic E-state index is 12.7. The fourth-order valence-corrected chi connectivity index (χ4v) is 5.23. The molecule has 1 aromatic heterocycles. The second kappa shape index (κ2) is 11.4. The largest absolute Gasteiger partial charge is 0.353 e. The van der Waals surface area contributed by atoms with Crippen LogP contribution in [-0.4, -0.2) is 54.4 Å². The number of hydrogen-bond acceptors (Lipinski definition) is 5. The topological polar surface area (TPSA) is 61.4 Å². The van der Waals surface area contributed by atoms with E-state index in [0.29, 0.717) is 23.6 Å². The summed E-state index contributed by atoms with van der Waals surface area (Å²) in [5.74, 6) is 0.217. The lowest BCUT2D eigenvalue weighted by Gasteiger charge is -2.27. The summed E-state index contributed by atoms with van der Waals surface area (Å²) >= 11 is 15.5. The summed E-state index contributed by atoms with van der Waals surface area (Å²) in [6.45, 7) is 3.26. The molecule has 9 heteroatoms. The van der Waals surface area contributed by atoms with Crippen molar-refractivity contribution in [1.82, 2.24) is 15.5 Å². The van der Waals surface area contributed by atoms with E-state index in [-0.39, 0.29) is 16.8 Å². The van der Waals surface area contributed by atoms with Gasteiger partial charge in [-0.25, -0.2) is 0 Å². The number of nitrogens with one attached hydrogen (secondary N) is 2. The van der Waals surface area contributed by atoms with Gasteiger partial charge in [-0.3, -0.25) is 14.5 Å². The molecule has 0 saturated heterocycles. The number of nitrogens with zero attached hydrogens (tertiary/aromatic N) is 1. The Bertz CT molecular complexity index is 891. The third-order valence-electron chi connectivity index (χ3n) is 5.02. The van der Waals surface area contributed by atoms with Gasteiger partial charge in [-0.2, -0.15) is 11.8 Å². The van der Waals surface area contributed by atoms with Crippen LogP contribution in [0.3, 0.4) is 0 Å². The van der Waals surface area contributed by atoms with E-state index in [4.69, 9.17) is 23.2 Å². The molecule has 1 aromatic carbocycles. The molecule has 1 aliphatic heterocycles. The minimum Gasteiger partial charge on any atom is -0.353 e. The minimum absolute atomic E-state index is 0.171. The van der Waals surface area contributed by atoms with E-state index in [1.54, 1.807) is 23.9 Å². The Labute approximate surface area is 195 Å². The molecule has 0 radical (unpaired) electrons. The monoisotopic (exact) mass is 485 g/mol. The van der Waals surface area contributed by atoms with Gasteiger partial charge in [0.25, 0.3) is 5.91 Å². The highest BCUT2D eigenvalue weighted by atomic mass is 35.5. The second-order valence-corrected chi connectivity index (χ2v) is 9.95. The average Bonchev–Trinajstić information content (AvgIpc) is 3.18. The fraction of sp³-hybridized carbons (Fsp3) is 0.429. The highest BCUT2D eigenvalue weighted by Gasteiger charge is 2.23. The SMILES string of the molecule is CSCCC(NC(=O)c1ccc(Cl)cc1Cl)C(=O)NCCN1CCc2sccc2C1. The normalized spacial score (nSPS) is 14.8. The summed E-state index contributed by atoms with van der Waals surface area (Å²) in [5.41, 5.74) is 1.70. The Kier molecular flexibility index (Phi) is 8.89. The zero-order chi connectivity index (χ0) is 21.5. The number of carbonyl (C=O) groups excluding carboxylic acids is 2. The predicted octanol–water partition coefficient (Wildman–Crippen LogP) is 4.08.